The summed E-state index contributed by atoms with van der Waals surface area (Å²) in [5, 5.41) is 10.2. The van der Waals surface area contributed by atoms with E-state index in [1.807, 2.05) is 30.3 Å². The van der Waals surface area contributed by atoms with Crippen molar-refractivity contribution in [3.05, 3.63) is 59.2 Å². The molecule has 7 nitrogen and oxygen atoms in total. The molecule has 234 valence electrons. The highest BCUT2D eigenvalue weighted by Crippen LogP contribution is 2.65. The number of piperidine rings is 1. The van der Waals surface area contributed by atoms with Gasteiger partial charge in [-0.2, -0.15) is 4.31 Å². The summed E-state index contributed by atoms with van der Waals surface area (Å²) in [4.78, 5) is 2.64. The van der Waals surface area contributed by atoms with E-state index in [-0.39, 0.29) is 34.5 Å². The fraction of sp³-hybridized carbons (Fsp3) is 0.647. The summed E-state index contributed by atoms with van der Waals surface area (Å²) in [5.41, 5.74) is 3.20. The molecule has 0 amide bonds. The fourth-order valence-electron chi connectivity index (χ4n) is 8.52. The molecule has 0 radical (unpaired) electrons. The Morgan fingerprint density at radius 1 is 1.14 bits per heavy atom. The second-order valence-electron chi connectivity index (χ2n) is 15.5. The first-order valence-corrected chi connectivity index (χ1v) is 20.7. The SMILES string of the molecule is CN([C@H]1CC[C@H]2[C@H]3Cc4ccc(O[Si](C)(C)C(C)(C)C)c5c4[C@@]2(CCN3CC2CC2O)[C@H]1O5)S(=O)(=O)Cc1ccccc1. The van der Waals surface area contributed by atoms with Crippen LogP contribution in [0.25, 0.3) is 0 Å². The lowest BCUT2D eigenvalue weighted by Crippen LogP contribution is -2.69. The molecule has 2 aromatic carbocycles. The molecule has 2 aliphatic heterocycles. The number of aliphatic hydroxyl groups is 1. The number of aliphatic hydroxyl groups excluding tert-OH is 1. The first kappa shape index (κ1) is 29.8. The van der Waals surface area contributed by atoms with E-state index >= 15 is 0 Å². The van der Waals surface area contributed by atoms with Crippen LogP contribution in [0, 0.1) is 11.8 Å². The largest absolute Gasteiger partial charge is 0.541 e. The van der Waals surface area contributed by atoms with E-state index in [0.717, 1.165) is 62.3 Å². The van der Waals surface area contributed by atoms with Crippen LogP contribution in [0.1, 0.15) is 63.1 Å². The first-order valence-electron chi connectivity index (χ1n) is 16.2. The third kappa shape index (κ3) is 4.71. The smallest absolute Gasteiger partial charge is 0.250 e. The van der Waals surface area contributed by atoms with Crippen molar-refractivity contribution < 1.29 is 22.7 Å². The maximum Gasteiger partial charge on any atom is 0.250 e. The lowest BCUT2D eigenvalue weighted by Gasteiger charge is -2.60. The van der Waals surface area contributed by atoms with Gasteiger partial charge in [-0.05, 0) is 79.9 Å². The van der Waals surface area contributed by atoms with Gasteiger partial charge in [-0.15, -0.1) is 0 Å². The standard InChI is InChI=1S/C34H48N2O5SSi/c1-33(2,3)43(5,6)41-29-15-12-23-18-27-25-13-14-26(35(4)42(38,39)21-22-10-8-7-9-11-22)32-34(25,30(23)31(29)40-32)16-17-36(27)20-24-19-28(24)37/h7-12,15,24-28,32,37H,13-14,16-21H2,1-6H3/t24?,25-,26-,27+,28?,32-,34-/m0/s1. The zero-order chi connectivity index (χ0) is 30.5. The van der Waals surface area contributed by atoms with Crippen LogP contribution in [0.2, 0.25) is 18.1 Å². The molecule has 1 spiro atoms. The Hall–Kier alpha value is -1.91. The Kier molecular flexibility index (Phi) is 6.96. The van der Waals surface area contributed by atoms with Crippen molar-refractivity contribution in [2.75, 3.05) is 20.1 Å². The van der Waals surface area contributed by atoms with Crippen molar-refractivity contribution >= 4 is 18.3 Å². The molecular formula is C34H48N2O5SSi. The maximum atomic E-state index is 13.9. The number of likely N-dealkylation sites (N-methyl/N-ethyl adjacent to an activating group) is 1. The zero-order valence-corrected chi connectivity index (χ0v) is 28.4. The molecule has 2 unspecified atom stereocenters. The summed E-state index contributed by atoms with van der Waals surface area (Å²) in [7, 11) is -3.95. The van der Waals surface area contributed by atoms with Gasteiger partial charge >= 0.3 is 0 Å². The van der Waals surface area contributed by atoms with E-state index in [0.29, 0.717) is 17.9 Å². The molecule has 9 heteroatoms. The van der Waals surface area contributed by atoms with Gasteiger partial charge in [0.1, 0.15) is 11.9 Å². The number of likely N-dealkylation sites (tertiary alicyclic amines) is 1. The van der Waals surface area contributed by atoms with Crippen LogP contribution in [0.3, 0.4) is 0 Å². The molecule has 2 saturated carbocycles. The Bertz CT molecular complexity index is 1510. The third-order valence-corrected chi connectivity index (χ3v) is 18.2. The van der Waals surface area contributed by atoms with Crippen molar-refractivity contribution in [3.63, 3.8) is 0 Å². The molecule has 5 aliphatic rings. The number of hydrogen-bond acceptors (Lipinski definition) is 6. The van der Waals surface area contributed by atoms with Gasteiger partial charge in [-0.25, -0.2) is 8.42 Å². The summed E-state index contributed by atoms with van der Waals surface area (Å²) in [6.45, 7) is 13.2. The predicted molar refractivity (Wildman–Crippen MR) is 171 cm³/mol. The molecule has 7 atom stereocenters. The molecule has 2 heterocycles. The van der Waals surface area contributed by atoms with E-state index in [9.17, 15) is 13.5 Å². The minimum Gasteiger partial charge on any atom is -0.541 e. The molecule has 7 rings (SSSR count). The highest BCUT2D eigenvalue weighted by Gasteiger charge is 2.67. The van der Waals surface area contributed by atoms with Gasteiger partial charge < -0.3 is 14.3 Å². The zero-order valence-electron chi connectivity index (χ0n) is 26.5. The molecule has 0 aromatic heterocycles. The van der Waals surface area contributed by atoms with Crippen LogP contribution >= 0.6 is 0 Å². The average Bonchev–Trinajstić information content (AvgIpc) is 3.52. The highest BCUT2D eigenvalue weighted by molar-refractivity contribution is 7.88. The van der Waals surface area contributed by atoms with Crippen molar-refractivity contribution in [2.24, 2.45) is 11.8 Å². The number of benzene rings is 2. The minimum absolute atomic E-state index is 0.0119. The van der Waals surface area contributed by atoms with E-state index < -0.39 is 18.3 Å². The van der Waals surface area contributed by atoms with Gasteiger partial charge in [0.25, 0.3) is 8.32 Å². The number of nitrogens with zero attached hydrogens (tertiary/aromatic N) is 2. The minimum atomic E-state index is -3.57. The highest BCUT2D eigenvalue weighted by atomic mass is 32.2. The Morgan fingerprint density at radius 3 is 2.53 bits per heavy atom. The molecule has 3 aliphatic carbocycles. The number of sulfonamides is 1. The second-order valence-corrected chi connectivity index (χ2v) is 22.2. The Labute approximate surface area is 258 Å². The summed E-state index contributed by atoms with van der Waals surface area (Å²) >= 11 is 0. The summed E-state index contributed by atoms with van der Waals surface area (Å²) in [6, 6.07) is 14.0. The number of hydrogen-bond donors (Lipinski definition) is 1. The molecule has 2 bridgehead atoms. The monoisotopic (exact) mass is 624 g/mol. The number of ether oxygens (including phenoxy) is 1. The van der Waals surface area contributed by atoms with E-state index in [1.165, 1.54) is 11.1 Å². The van der Waals surface area contributed by atoms with Crippen molar-refractivity contribution in [1.82, 2.24) is 9.21 Å². The van der Waals surface area contributed by atoms with Gasteiger partial charge in [0.15, 0.2) is 5.75 Å². The second kappa shape index (κ2) is 10.0. The van der Waals surface area contributed by atoms with Crippen molar-refractivity contribution in [3.8, 4) is 11.5 Å². The van der Waals surface area contributed by atoms with Crippen LogP contribution in [-0.4, -0.2) is 75.5 Å². The van der Waals surface area contributed by atoms with E-state index in [2.05, 4.69) is 50.9 Å². The molecule has 1 N–H and O–H groups in total. The number of rotatable bonds is 8. The van der Waals surface area contributed by atoms with Gasteiger partial charge in [0.05, 0.1) is 17.9 Å². The molecule has 2 aromatic rings. The van der Waals surface area contributed by atoms with Gasteiger partial charge in [-0.3, -0.25) is 4.90 Å². The van der Waals surface area contributed by atoms with Crippen molar-refractivity contribution in [2.45, 2.75) is 106 Å². The normalized spacial score (nSPS) is 33.2. The van der Waals surface area contributed by atoms with Crippen LogP contribution in [-0.2, 0) is 27.6 Å². The lowest BCUT2D eigenvalue weighted by molar-refractivity contribution is -0.0758. The molecule has 1 saturated heterocycles. The van der Waals surface area contributed by atoms with E-state index in [1.54, 1.807) is 11.4 Å². The van der Waals surface area contributed by atoms with Gasteiger partial charge in [-0.1, -0.05) is 57.2 Å². The predicted octanol–water partition coefficient (Wildman–Crippen LogP) is 5.32. The van der Waals surface area contributed by atoms with Crippen LogP contribution in [0.15, 0.2) is 42.5 Å². The summed E-state index contributed by atoms with van der Waals surface area (Å²) < 4.78 is 43.5. The van der Waals surface area contributed by atoms with E-state index in [4.69, 9.17) is 9.16 Å². The van der Waals surface area contributed by atoms with Crippen molar-refractivity contribution in [1.29, 1.82) is 0 Å². The van der Waals surface area contributed by atoms with Crippen LogP contribution < -0.4 is 9.16 Å². The molecule has 43 heavy (non-hydrogen) atoms. The Morgan fingerprint density at radius 2 is 1.86 bits per heavy atom. The van der Waals surface area contributed by atoms with Crippen LogP contribution in [0.5, 0.6) is 11.5 Å². The topological polar surface area (TPSA) is 79.3 Å². The van der Waals surface area contributed by atoms with Gasteiger partial charge in [0.2, 0.25) is 10.0 Å². The van der Waals surface area contributed by atoms with Gasteiger partial charge in [0, 0.05) is 36.5 Å². The molecule has 3 fully saturated rings. The third-order valence-electron chi connectivity index (χ3n) is 12.0. The fourth-order valence-corrected chi connectivity index (χ4v) is 11.0. The van der Waals surface area contributed by atoms with Crippen LogP contribution in [0.4, 0.5) is 0 Å². The summed E-state index contributed by atoms with van der Waals surface area (Å²) in [5.74, 6) is 2.47. The summed E-state index contributed by atoms with van der Waals surface area (Å²) in [6.07, 6.45) is 4.16. The average molecular weight is 625 g/mol. The Balaban J connectivity index is 1.29. The first-order chi connectivity index (χ1) is 20.2. The lowest BCUT2D eigenvalue weighted by atomic mass is 9.51. The maximum absolute atomic E-state index is 13.9. The molecular weight excluding hydrogens is 577 g/mol. The quantitative estimate of drug-likeness (QED) is 0.401.